The second-order valence-electron chi connectivity index (χ2n) is 4.73. The molecule has 0 spiro atoms. The van der Waals surface area contributed by atoms with Crippen molar-refractivity contribution in [1.82, 2.24) is 4.90 Å². The van der Waals surface area contributed by atoms with E-state index >= 15 is 0 Å². The minimum atomic E-state index is -0.544. The molecule has 90 valence electrons. The van der Waals surface area contributed by atoms with Crippen LogP contribution in [-0.4, -0.2) is 36.8 Å². The summed E-state index contributed by atoms with van der Waals surface area (Å²) >= 11 is 0. The number of hydrogen-bond donors (Lipinski definition) is 1. The lowest BCUT2D eigenvalue weighted by molar-refractivity contribution is 0.0163. The third-order valence-electron chi connectivity index (χ3n) is 3.23. The average Bonchev–Trinajstić information content (AvgIpc) is 2.27. The maximum Gasteiger partial charge on any atom is 0.119 e. The zero-order valence-electron chi connectivity index (χ0n) is 10.7. The fourth-order valence-corrected chi connectivity index (χ4v) is 1.46. The van der Waals surface area contributed by atoms with Gasteiger partial charge in [0.2, 0.25) is 0 Å². The van der Waals surface area contributed by atoms with Gasteiger partial charge in [-0.1, -0.05) is 12.1 Å². The van der Waals surface area contributed by atoms with Crippen LogP contribution in [0.4, 0.5) is 0 Å². The normalized spacial score (nSPS) is 13.9. The summed E-state index contributed by atoms with van der Waals surface area (Å²) in [7, 11) is 5.55. The highest BCUT2D eigenvalue weighted by molar-refractivity contribution is 5.31. The third kappa shape index (κ3) is 2.54. The molecule has 16 heavy (non-hydrogen) atoms. The van der Waals surface area contributed by atoms with Gasteiger partial charge in [-0.15, -0.1) is 0 Å². The van der Waals surface area contributed by atoms with E-state index in [0.717, 1.165) is 11.3 Å². The van der Waals surface area contributed by atoms with Gasteiger partial charge in [-0.05, 0) is 45.6 Å². The van der Waals surface area contributed by atoms with Crippen LogP contribution in [0.3, 0.4) is 0 Å². The van der Waals surface area contributed by atoms with Gasteiger partial charge >= 0.3 is 0 Å². The Bertz CT molecular complexity index is 348. The standard InChI is InChI=1S/C13H21NO2/c1-13(2,14(3)4)12(15)10-7-6-8-11(9-10)16-5/h6-9,12,15H,1-5H3. The molecular formula is C13H21NO2. The first-order valence-electron chi connectivity index (χ1n) is 5.39. The van der Waals surface area contributed by atoms with Crippen molar-refractivity contribution in [2.75, 3.05) is 21.2 Å². The maximum absolute atomic E-state index is 10.3. The maximum atomic E-state index is 10.3. The summed E-state index contributed by atoms with van der Waals surface area (Å²) in [6.45, 7) is 4.02. The monoisotopic (exact) mass is 223 g/mol. The van der Waals surface area contributed by atoms with Crippen molar-refractivity contribution in [3.8, 4) is 5.75 Å². The first-order valence-corrected chi connectivity index (χ1v) is 5.39. The van der Waals surface area contributed by atoms with Crippen LogP contribution in [0.2, 0.25) is 0 Å². The van der Waals surface area contributed by atoms with Gasteiger partial charge in [0.1, 0.15) is 5.75 Å². The summed E-state index contributed by atoms with van der Waals surface area (Å²) < 4.78 is 5.15. The van der Waals surface area contributed by atoms with Gasteiger partial charge in [0, 0.05) is 5.54 Å². The highest BCUT2D eigenvalue weighted by Gasteiger charge is 2.31. The van der Waals surface area contributed by atoms with Crippen molar-refractivity contribution in [1.29, 1.82) is 0 Å². The van der Waals surface area contributed by atoms with E-state index in [1.807, 2.05) is 57.1 Å². The number of aliphatic hydroxyl groups excluding tert-OH is 1. The number of benzene rings is 1. The predicted molar refractivity (Wildman–Crippen MR) is 65.7 cm³/mol. The second-order valence-corrected chi connectivity index (χ2v) is 4.73. The van der Waals surface area contributed by atoms with Crippen molar-refractivity contribution in [3.63, 3.8) is 0 Å². The van der Waals surface area contributed by atoms with Gasteiger partial charge in [-0.25, -0.2) is 0 Å². The van der Waals surface area contributed by atoms with E-state index in [1.54, 1.807) is 7.11 Å². The van der Waals surface area contributed by atoms with Crippen LogP contribution in [0.5, 0.6) is 5.75 Å². The predicted octanol–water partition coefficient (Wildman–Crippen LogP) is 2.07. The molecule has 0 fully saturated rings. The molecule has 0 saturated heterocycles. The summed E-state index contributed by atoms with van der Waals surface area (Å²) in [4.78, 5) is 2.01. The molecule has 0 heterocycles. The highest BCUT2D eigenvalue weighted by Crippen LogP contribution is 2.30. The lowest BCUT2D eigenvalue weighted by Gasteiger charge is -2.37. The zero-order chi connectivity index (χ0) is 12.3. The largest absolute Gasteiger partial charge is 0.497 e. The molecule has 0 radical (unpaired) electrons. The van der Waals surface area contributed by atoms with Crippen LogP contribution in [0.1, 0.15) is 25.5 Å². The molecule has 1 aromatic carbocycles. The number of ether oxygens (including phenoxy) is 1. The van der Waals surface area contributed by atoms with Crippen molar-refractivity contribution in [3.05, 3.63) is 29.8 Å². The molecule has 3 heteroatoms. The second kappa shape index (κ2) is 4.85. The van der Waals surface area contributed by atoms with E-state index in [4.69, 9.17) is 4.74 Å². The summed E-state index contributed by atoms with van der Waals surface area (Å²) in [5, 5.41) is 10.3. The minimum absolute atomic E-state index is 0.313. The van der Waals surface area contributed by atoms with Gasteiger partial charge in [0.25, 0.3) is 0 Å². The molecular weight excluding hydrogens is 202 g/mol. The molecule has 0 aromatic heterocycles. The van der Waals surface area contributed by atoms with Gasteiger partial charge in [-0.3, -0.25) is 0 Å². The summed E-state index contributed by atoms with van der Waals surface area (Å²) in [5.74, 6) is 0.770. The number of aliphatic hydroxyl groups is 1. The number of hydrogen-bond acceptors (Lipinski definition) is 3. The molecule has 0 saturated carbocycles. The van der Waals surface area contributed by atoms with E-state index < -0.39 is 6.10 Å². The quantitative estimate of drug-likeness (QED) is 0.848. The van der Waals surface area contributed by atoms with Crippen LogP contribution in [-0.2, 0) is 0 Å². The summed E-state index contributed by atoms with van der Waals surface area (Å²) in [6.07, 6.45) is -0.544. The Hall–Kier alpha value is -1.06. The fraction of sp³-hybridized carbons (Fsp3) is 0.538. The number of likely N-dealkylation sites (N-methyl/N-ethyl adjacent to an activating group) is 1. The Morgan fingerprint density at radius 1 is 1.31 bits per heavy atom. The minimum Gasteiger partial charge on any atom is -0.497 e. The summed E-state index contributed by atoms with van der Waals surface area (Å²) in [5.41, 5.74) is 0.560. The number of rotatable bonds is 4. The first kappa shape index (κ1) is 13.0. The molecule has 0 aliphatic rings. The van der Waals surface area contributed by atoms with E-state index in [9.17, 15) is 5.11 Å². The van der Waals surface area contributed by atoms with Crippen molar-refractivity contribution >= 4 is 0 Å². The Kier molecular flexibility index (Phi) is 3.94. The molecule has 1 unspecified atom stereocenters. The van der Waals surface area contributed by atoms with E-state index in [-0.39, 0.29) is 5.54 Å². The molecule has 1 atom stereocenters. The molecule has 1 rings (SSSR count). The van der Waals surface area contributed by atoms with Crippen molar-refractivity contribution in [2.45, 2.75) is 25.5 Å². The molecule has 0 bridgehead atoms. The average molecular weight is 223 g/mol. The SMILES string of the molecule is COc1cccc(C(O)C(C)(C)N(C)C)c1. The summed E-state index contributed by atoms with van der Waals surface area (Å²) in [6, 6.07) is 7.55. The highest BCUT2D eigenvalue weighted by atomic mass is 16.5. The van der Waals surface area contributed by atoms with Gasteiger partial charge in [0.05, 0.1) is 13.2 Å². The fourth-order valence-electron chi connectivity index (χ4n) is 1.46. The van der Waals surface area contributed by atoms with E-state index in [1.165, 1.54) is 0 Å². The van der Waals surface area contributed by atoms with Gasteiger partial charge in [-0.2, -0.15) is 0 Å². The molecule has 0 amide bonds. The molecule has 0 aliphatic carbocycles. The first-order chi connectivity index (χ1) is 7.39. The molecule has 1 N–H and O–H groups in total. The molecule has 0 aliphatic heterocycles. The zero-order valence-corrected chi connectivity index (χ0v) is 10.7. The lowest BCUT2D eigenvalue weighted by Crippen LogP contribution is -2.43. The lowest BCUT2D eigenvalue weighted by atomic mass is 9.90. The van der Waals surface area contributed by atoms with Crippen molar-refractivity contribution in [2.24, 2.45) is 0 Å². The molecule has 1 aromatic rings. The number of methoxy groups -OCH3 is 1. The molecule has 3 nitrogen and oxygen atoms in total. The van der Waals surface area contributed by atoms with Crippen LogP contribution in [0.25, 0.3) is 0 Å². The van der Waals surface area contributed by atoms with E-state index in [0.29, 0.717) is 0 Å². The Morgan fingerprint density at radius 3 is 2.44 bits per heavy atom. The van der Waals surface area contributed by atoms with Crippen LogP contribution < -0.4 is 4.74 Å². The Balaban J connectivity index is 2.99. The van der Waals surface area contributed by atoms with Gasteiger partial charge < -0.3 is 14.7 Å². The topological polar surface area (TPSA) is 32.7 Å². The van der Waals surface area contributed by atoms with Crippen LogP contribution >= 0.6 is 0 Å². The van der Waals surface area contributed by atoms with Crippen molar-refractivity contribution < 1.29 is 9.84 Å². The smallest absolute Gasteiger partial charge is 0.119 e. The van der Waals surface area contributed by atoms with E-state index in [2.05, 4.69) is 0 Å². The Labute approximate surface area is 97.7 Å². The van der Waals surface area contributed by atoms with Gasteiger partial charge in [0.15, 0.2) is 0 Å². The van der Waals surface area contributed by atoms with Crippen LogP contribution in [0, 0.1) is 0 Å². The number of nitrogens with zero attached hydrogens (tertiary/aromatic N) is 1. The third-order valence-corrected chi connectivity index (χ3v) is 3.23. The Morgan fingerprint density at radius 2 is 1.94 bits per heavy atom. The van der Waals surface area contributed by atoms with Crippen LogP contribution in [0.15, 0.2) is 24.3 Å².